The molecule has 2 aromatic carbocycles. The number of carbonyl (C=O) groups is 1. The fourth-order valence-corrected chi connectivity index (χ4v) is 4.25. The quantitative estimate of drug-likeness (QED) is 0.652. The zero-order valence-corrected chi connectivity index (χ0v) is 17.1. The SMILES string of the molecule is O=C(O)Cn1c(=O)n(CCCN2CCc3ccccc3C2)c(=O)c2cc(Cl)ccc21. The number of hydrogen-bond donors (Lipinski definition) is 1. The van der Waals surface area contributed by atoms with Gasteiger partial charge in [-0.25, -0.2) is 4.79 Å². The van der Waals surface area contributed by atoms with E-state index in [0.29, 0.717) is 11.4 Å². The van der Waals surface area contributed by atoms with E-state index in [-0.39, 0.29) is 17.4 Å². The first-order valence-corrected chi connectivity index (χ1v) is 10.3. The third-order valence-corrected chi connectivity index (χ3v) is 5.78. The van der Waals surface area contributed by atoms with Gasteiger partial charge in [0.2, 0.25) is 0 Å². The molecule has 1 aliphatic heterocycles. The third-order valence-electron chi connectivity index (χ3n) is 5.55. The molecule has 0 saturated carbocycles. The number of nitrogens with zero attached hydrogens (tertiary/aromatic N) is 3. The summed E-state index contributed by atoms with van der Waals surface area (Å²) in [5, 5.41) is 9.82. The number of aromatic nitrogens is 2. The number of rotatable bonds is 6. The average molecular weight is 428 g/mol. The fourth-order valence-electron chi connectivity index (χ4n) is 4.08. The second-order valence-corrected chi connectivity index (χ2v) is 7.97. The van der Waals surface area contributed by atoms with Crippen LogP contribution in [0, 0.1) is 0 Å². The normalized spacial score (nSPS) is 14.0. The highest BCUT2D eigenvalue weighted by molar-refractivity contribution is 6.31. The number of halogens is 1. The van der Waals surface area contributed by atoms with E-state index in [2.05, 4.69) is 23.1 Å². The van der Waals surface area contributed by atoms with Gasteiger partial charge in [-0.2, -0.15) is 0 Å². The van der Waals surface area contributed by atoms with Gasteiger partial charge in [-0.05, 0) is 42.2 Å². The van der Waals surface area contributed by atoms with E-state index in [1.807, 2.05) is 6.07 Å². The molecular formula is C22H22ClN3O4. The molecule has 0 amide bonds. The van der Waals surface area contributed by atoms with Crippen molar-refractivity contribution in [3.05, 3.63) is 79.5 Å². The summed E-state index contributed by atoms with van der Waals surface area (Å²) in [5.74, 6) is -1.15. The Morgan fingerprint density at radius 2 is 1.80 bits per heavy atom. The summed E-state index contributed by atoms with van der Waals surface area (Å²) in [7, 11) is 0. The lowest BCUT2D eigenvalue weighted by Gasteiger charge is -2.28. The fraction of sp³-hybridized carbons (Fsp3) is 0.318. The zero-order chi connectivity index (χ0) is 21.3. The maximum Gasteiger partial charge on any atom is 0.332 e. The molecule has 2 heterocycles. The van der Waals surface area contributed by atoms with Crippen molar-refractivity contribution in [2.75, 3.05) is 13.1 Å². The van der Waals surface area contributed by atoms with Crippen molar-refractivity contribution in [3.63, 3.8) is 0 Å². The van der Waals surface area contributed by atoms with Crippen LogP contribution in [0.4, 0.5) is 0 Å². The molecule has 0 fully saturated rings. The highest BCUT2D eigenvalue weighted by Crippen LogP contribution is 2.19. The van der Waals surface area contributed by atoms with Crippen LogP contribution in [-0.4, -0.2) is 38.2 Å². The van der Waals surface area contributed by atoms with Crippen molar-refractivity contribution in [3.8, 4) is 0 Å². The van der Waals surface area contributed by atoms with E-state index in [4.69, 9.17) is 11.6 Å². The molecule has 8 heteroatoms. The number of carboxylic acid groups (broad SMARTS) is 1. The Morgan fingerprint density at radius 1 is 1.03 bits per heavy atom. The van der Waals surface area contributed by atoms with Gasteiger partial charge < -0.3 is 5.11 Å². The number of carboxylic acids is 1. The molecule has 0 atom stereocenters. The van der Waals surface area contributed by atoms with Gasteiger partial charge in [0.1, 0.15) is 6.54 Å². The van der Waals surface area contributed by atoms with Crippen molar-refractivity contribution in [2.24, 2.45) is 0 Å². The van der Waals surface area contributed by atoms with Crippen LogP contribution in [-0.2, 0) is 30.8 Å². The summed E-state index contributed by atoms with van der Waals surface area (Å²) in [4.78, 5) is 39.4. The Bertz CT molecular complexity index is 1230. The van der Waals surface area contributed by atoms with Crippen LogP contribution in [0.3, 0.4) is 0 Å². The van der Waals surface area contributed by atoms with Gasteiger partial charge in [-0.15, -0.1) is 0 Å². The van der Waals surface area contributed by atoms with Crippen LogP contribution < -0.4 is 11.2 Å². The first-order valence-electron chi connectivity index (χ1n) is 9.88. The molecule has 0 saturated heterocycles. The molecule has 0 aliphatic carbocycles. The smallest absolute Gasteiger partial charge is 0.332 e. The van der Waals surface area contributed by atoms with E-state index >= 15 is 0 Å². The molecule has 4 rings (SSSR count). The van der Waals surface area contributed by atoms with Crippen LogP contribution in [0.15, 0.2) is 52.1 Å². The van der Waals surface area contributed by atoms with Gasteiger partial charge in [0.05, 0.1) is 10.9 Å². The zero-order valence-electron chi connectivity index (χ0n) is 16.4. The minimum absolute atomic E-state index is 0.220. The molecule has 0 spiro atoms. The van der Waals surface area contributed by atoms with E-state index < -0.39 is 23.8 Å². The monoisotopic (exact) mass is 427 g/mol. The summed E-state index contributed by atoms with van der Waals surface area (Å²) < 4.78 is 2.24. The average Bonchev–Trinajstić information content (AvgIpc) is 2.73. The van der Waals surface area contributed by atoms with E-state index in [9.17, 15) is 19.5 Å². The van der Waals surface area contributed by atoms with Gasteiger partial charge in [0.15, 0.2) is 0 Å². The highest BCUT2D eigenvalue weighted by atomic mass is 35.5. The second kappa shape index (κ2) is 8.45. The molecule has 156 valence electrons. The lowest BCUT2D eigenvalue weighted by Crippen LogP contribution is -2.42. The Labute approximate surface area is 177 Å². The first-order chi connectivity index (χ1) is 14.4. The standard InChI is InChI=1S/C22H22ClN3O4/c23-17-6-7-19-18(12-17)21(29)25(22(30)26(19)14-20(27)28)10-3-9-24-11-8-15-4-1-2-5-16(15)13-24/h1-2,4-7,12H,3,8-11,13-14H2,(H,27,28). The topological polar surface area (TPSA) is 84.5 Å². The van der Waals surface area contributed by atoms with Crippen LogP contribution in [0.25, 0.3) is 10.9 Å². The molecule has 0 bridgehead atoms. The summed E-state index contributed by atoms with van der Waals surface area (Å²) in [6, 6.07) is 12.9. The van der Waals surface area contributed by atoms with E-state index in [1.165, 1.54) is 23.3 Å². The van der Waals surface area contributed by atoms with Crippen LogP contribution >= 0.6 is 11.6 Å². The molecular weight excluding hydrogens is 406 g/mol. The number of hydrogen-bond acceptors (Lipinski definition) is 4. The number of benzene rings is 2. The minimum Gasteiger partial charge on any atom is -0.480 e. The molecule has 1 N–H and O–H groups in total. The lowest BCUT2D eigenvalue weighted by atomic mass is 10.00. The Kier molecular flexibility index (Phi) is 5.74. The molecule has 30 heavy (non-hydrogen) atoms. The number of aliphatic carboxylic acids is 1. The largest absolute Gasteiger partial charge is 0.480 e. The number of fused-ring (bicyclic) bond motifs is 2. The summed E-state index contributed by atoms with van der Waals surface area (Å²) >= 11 is 6.03. The molecule has 3 aromatic rings. The maximum absolute atomic E-state index is 12.9. The third kappa shape index (κ3) is 4.04. The van der Waals surface area contributed by atoms with Crippen molar-refractivity contribution >= 4 is 28.5 Å². The molecule has 7 nitrogen and oxygen atoms in total. The van der Waals surface area contributed by atoms with E-state index in [0.717, 1.165) is 35.2 Å². The molecule has 0 unspecified atom stereocenters. The summed E-state index contributed by atoms with van der Waals surface area (Å²) in [6.45, 7) is 2.23. The van der Waals surface area contributed by atoms with Gasteiger partial charge in [0, 0.05) is 31.2 Å². The Balaban J connectivity index is 1.57. The van der Waals surface area contributed by atoms with Crippen LogP contribution in [0.1, 0.15) is 17.5 Å². The maximum atomic E-state index is 12.9. The van der Waals surface area contributed by atoms with Gasteiger partial charge >= 0.3 is 11.7 Å². The first kappa shape index (κ1) is 20.4. The molecule has 0 radical (unpaired) electrons. The second-order valence-electron chi connectivity index (χ2n) is 7.53. The summed E-state index contributed by atoms with van der Waals surface area (Å²) in [6.07, 6.45) is 1.59. The van der Waals surface area contributed by atoms with Gasteiger partial charge in [-0.3, -0.25) is 23.6 Å². The van der Waals surface area contributed by atoms with Gasteiger partial charge in [0.25, 0.3) is 5.56 Å². The predicted octanol–water partition coefficient (Wildman–Crippen LogP) is 2.35. The highest BCUT2D eigenvalue weighted by Gasteiger charge is 2.17. The Morgan fingerprint density at radius 3 is 2.57 bits per heavy atom. The van der Waals surface area contributed by atoms with Gasteiger partial charge in [-0.1, -0.05) is 35.9 Å². The van der Waals surface area contributed by atoms with Crippen molar-refractivity contribution in [1.29, 1.82) is 0 Å². The van der Waals surface area contributed by atoms with Crippen LogP contribution in [0.2, 0.25) is 5.02 Å². The predicted molar refractivity (Wildman–Crippen MR) is 115 cm³/mol. The van der Waals surface area contributed by atoms with E-state index in [1.54, 1.807) is 6.07 Å². The molecule has 1 aliphatic rings. The molecule has 1 aromatic heterocycles. The van der Waals surface area contributed by atoms with Crippen molar-refractivity contribution < 1.29 is 9.90 Å². The Hall–Kier alpha value is -2.90. The van der Waals surface area contributed by atoms with Crippen LogP contribution in [0.5, 0.6) is 0 Å². The van der Waals surface area contributed by atoms with Crippen molar-refractivity contribution in [2.45, 2.75) is 32.5 Å². The lowest BCUT2D eigenvalue weighted by molar-refractivity contribution is -0.137. The minimum atomic E-state index is -1.15. The van der Waals surface area contributed by atoms with Crippen molar-refractivity contribution in [1.82, 2.24) is 14.0 Å². The summed E-state index contributed by atoms with van der Waals surface area (Å²) in [5.41, 5.74) is 1.91.